The van der Waals surface area contributed by atoms with Crippen LogP contribution in [-0.4, -0.2) is 14.8 Å². The lowest BCUT2D eigenvalue weighted by atomic mass is 10.3. The van der Waals surface area contributed by atoms with Gasteiger partial charge in [-0.25, -0.2) is 4.98 Å². The molecule has 2 aromatic heterocycles. The first-order valence-electron chi connectivity index (χ1n) is 4.73. The summed E-state index contributed by atoms with van der Waals surface area (Å²) in [7, 11) is 0. The van der Waals surface area contributed by atoms with Crippen molar-refractivity contribution >= 4 is 11.6 Å². The smallest absolute Gasteiger partial charge is 0.172 e. The minimum absolute atomic E-state index is 0.467. The summed E-state index contributed by atoms with van der Waals surface area (Å²) in [6.45, 7) is 0.588. The van der Waals surface area contributed by atoms with Crippen molar-refractivity contribution in [2.24, 2.45) is 5.16 Å². The van der Waals surface area contributed by atoms with Gasteiger partial charge in [-0.05, 0) is 23.8 Å². The summed E-state index contributed by atoms with van der Waals surface area (Å²) in [5.41, 5.74) is 1.49. The molecule has 0 spiro atoms. The van der Waals surface area contributed by atoms with Crippen LogP contribution in [-0.2, 0) is 6.54 Å². The Labute approximate surface area is 97.4 Å². The van der Waals surface area contributed by atoms with Gasteiger partial charge in [0.2, 0.25) is 0 Å². The van der Waals surface area contributed by atoms with Crippen LogP contribution in [0.2, 0.25) is 5.15 Å². The lowest BCUT2D eigenvalue weighted by Crippen LogP contribution is -2.20. The first-order chi connectivity index (χ1) is 7.79. The van der Waals surface area contributed by atoms with E-state index in [1.54, 1.807) is 18.3 Å². The molecule has 5 heteroatoms. The van der Waals surface area contributed by atoms with Crippen molar-refractivity contribution in [2.75, 3.05) is 0 Å². The summed E-state index contributed by atoms with van der Waals surface area (Å²) < 4.78 is 1.81. The number of hydrogen-bond donors (Lipinski definition) is 1. The van der Waals surface area contributed by atoms with Gasteiger partial charge in [0.15, 0.2) is 5.49 Å². The fourth-order valence-corrected chi connectivity index (χ4v) is 1.50. The highest BCUT2D eigenvalue weighted by Crippen LogP contribution is 2.05. The first kappa shape index (κ1) is 10.7. The number of halogens is 1. The van der Waals surface area contributed by atoms with Gasteiger partial charge in [-0.3, -0.25) is 0 Å². The molecule has 0 aliphatic heterocycles. The molecule has 2 rings (SSSR count). The number of hydrogen-bond acceptors (Lipinski definition) is 3. The van der Waals surface area contributed by atoms with E-state index in [2.05, 4.69) is 10.1 Å². The SMILES string of the molecule is ON=c1ccccn1Cc1ccc(Cl)nc1. The molecule has 0 aliphatic rings. The Kier molecular flexibility index (Phi) is 3.22. The predicted octanol–water partition coefficient (Wildman–Crippen LogP) is 1.87. The highest BCUT2D eigenvalue weighted by atomic mass is 35.5. The molecule has 2 heterocycles. The molecule has 0 aromatic carbocycles. The molecule has 16 heavy (non-hydrogen) atoms. The fraction of sp³-hybridized carbons (Fsp3) is 0.0909. The number of rotatable bonds is 2. The Bertz CT molecular complexity index is 533. The van der Waals surface area contributed by atoms with E-state index < -0.39 is 0 Å². The summed E-state index contributed by atoms with van der Waals surface area (Å²) in [4.78, 5) is 3.99. The average Bonchev–Trinajstić information content (AvgIpc) is 2.33. The predicted molar refractivity (Wildman–Crippen MR) is 60.1 cm³/mol. The zero-order valence-electron chi connectivity index (χ0n) is 8.42. The molecule has 0 radical (unpaired) electrons. The van der Waals surface area contributed by atoms with Gasteiger partial charge < -0.3 is 9.77 Å². The van der Waals surface area contributed by atoms with Crippen LogP contribution in [0.1, 0.15) is 5.56 Å². The molecular formula is C11H10ClN3O. The molecule has 0 aliphatic carbocycles. The van der Waals surface area contributed by atoms with Crippen molar-refractivity contribution in [3.05, 3.63) is 58.9 Å². The topological polar surface area (TPSA) is 50.4 Å². The van der Waals surface area contributed by atoms with Gasteiger partial charge in [-0.15, -0.1) is 0 Å². The molecule has 0 unspecified atom stereocenters. The monoisotopic (exact) mass is 235 g/mol. The third-order valence-corrected chi connectivity index (χ3v) is 2.38. The largest absolute Gasteiger partial charge is 0.409 e. The highest BCUT2D eigenvalue weighted by molar-refractivity contribution is 6.29. The summed E-state index contributed by atoms with van der Waals surface area (Å²) in [6, 6.07) is 9.03. The molecular weight excluding hydrogens is 226 g/mol. The second-order valence-electron chi connectivity index (χ2n) is 3.28. The summed E-state index contributed by atoms with van der Waals surface area (Å²) >= 11 is 5.70. The molecule has 0 amide bonds. The Morgan fingerprint density at radius 3 is 2.88 bits per heavy atom. The van der Waals surface area contributed by atoms with Crippen molar-refractivity contribution in [1.82, 2.24) is 9.55 Å². The zero-order chi connectivity index (χ0) is 11.4. The van der Waals surface area contributed by atoms with Crippen LogP contribution < -0.4 is 5.49 Å². The van der Waals surface area contributed by atoms with E-state index in [1.807, 2.05) is 29.0 Å². The molecule has 0 saturated heterocycles. The quantitative estimate of drug-likeness (QED) is 0.491. The third-order valence-electron chi connectivity index (χ3n) is 2.16. The maximum Gasteiger partial charge on any atom is 0.172 e. The maximum atomic E-state index is 8.81. The Hall–Kier alpha value is -1.81. The van der Waals surface area contributed by atoms with Crippen molar-refractivity contribution in [3.8, 4) is 0 Å². The van der Waals surface area contributed by atoms with Gasteiger partial charge in [0.1, 0.15) is 5.15 Å². The highest BCUT2D eigenvalue weighted by Gasteiger charge is 1.97. The van der Waals surface area contributed by atoms with E-state index in [4.69, 9.17) is 16.8 Å². The van der Waals surface area contributed by atoms with Crippen molar-refractivity contribution in [3.63, 3.8) is 0 Å². The van der Waals surface area contributed by atoms with Crippen molar-refractivity contribution < 1.29 is 5.21 Å². The van der Waals surface area contributed by atoms with Gasteiger partial charge >= 0.3 is 0 Å². The lowest BCUT2D eigenvalue weighted by Gasteiger charge is -2.05. The van der Waals surface area contributed by atoms with Gasteiger partial charge in [0.05, 0.1) is 6.54 Å². The van der Waals surface area contributed by atoms with E-state index >= 15 is 0 Å². The van der Waals surface area contributed by atoms with Crippen molar-refractivity contribution in [1.29, 1.82) is 0 Å². The van der Waals surface area contributed by atoms with Gasteiger partial charge in [0.25, 0.3) is 0 Å². The Morgan fingerprint density at radius 2 is 2.19 bits per heavy atom. The number of aromatic nitrogens is 2. The molecule has 4 nitrogen and oxygen atoms in total. The Balaban J connectivity index is 2.31. The normalized spacial score (nSPS) is 11.7. The van der Waals surface area contributed by atoms with E-state index in [9.17, 15) is 0 Å². The first-order valence-corrected chi connectivity index (χ1v) is 5.11. The van der Waals surface area contributed by atoms with Crippen LogP contribution >= 0.6 is 11.6 Å². The van der Waals surface area contributed by atoms with E-state index in [1.165, 1.54) is 0 Å². The molecule has 0 bridgehead atoms. The molecule has 82 valence electrons. The van der Waals surface area contributed by atoms with E-state index in [-0.39, 0.29) is 0 Å². The van der Waals surface area contributed by atoms with Crippen LogP contribution in [0.15, 0.2) is 47.9 Å². The second kappa shape index (κ2) is 4.81. The minimum Gasteiger partial charge on any atom is -0.409 e. The number of nitrogens with zero attached hydrogens (tertiary/aromatic N) is 3. The standard InChI is InChI=1S/C11H10ClN3O/c12-10-5-4-9(7-13-10)8-15-6-2-1-3-11(15)14-16/h1-7,16H,8H2. The molecule has 0 saturated carbocycles. The molecule has 2 aromatic rings. The van der Waals surface area contributed by atoms with E-state index in [0.29, 0.717) is 17.2 Å². The van der Waals surface area contributed by atoms with Crippen LogP contribution in [0.25, 0.3) is 0 Å². The number of pyridine rings is 2. The lowest BCUT2D eigenvalue weighted by molar-refractivity contribution is 0.294. The fourth-order valence-electron chi connectivity index (χ4n) is 1.39. The van der Waals surface area contributed by atoms with Crippen LogP contribution in [0.4, 0.5) is 0 Å². The Morgan fingerprint density at radius 1 is 1.31 bits per heavy atom. The van der Waals surface area contributed by atoms with Gasteiger partial charge in [-0.2, -0.15) is 0 Å². The van der Waals surface area contributed by atoms with E-state index in [0.717, 1.165) is 5.56 Å². The maximum absolute atomic E-state index is 8.81. The molecule has 0 atom stereocenters. The van der Waals surface area contributed by atoms with Gasteiger partial charge in [-0.1, -0.05) is 28.9 Å². The zero-order valence-corrected chi connectivity index (χ0v) is 9.17. The second-order valence-corrected chi connectivity index (χ2v) is 3.66. The van der Waals surface area contributed by atoms with Gasteiger partial charge in [0, 0.05) is 12.4 Å². The summed E-state index contributed by atoms with van der Waals surface area (Å²) in [5.74, 6) is 0. The van der Waals surface area contributed by atoms with Crippen LogP contribution in [0.3, 0.4) is 0 Å². The third kappa shape index (κ3) is 2.41. The summed E-state index contributed by atoms with van der Waals surface area (Å²) in [6.07, 6.45) is 3.53. The van der Waals surface area contributed by atoms with Crippen LogP contribution in [0.5, 0.6) is 0 Å². The average molecular weight is 236 g/mol. The summed E-state index contributed by atoms with van der Waals surface area (Å²) in [5, 5.41) is 12.5. The van der Waals surface area contributed by atoms with Crippen molar-refractivity contribution in [2.45, 2.75) is 6.54 Å². The molecule has 1 N–H and O–H groups in total. The minimum atomic E-state index is 0.467. The molecule has 0 fully saturated rings. The van der Waals surface area contributed by atoms with Crippen LogP contribution in [0, 0.1) is 0 Å².